The molecular formula is C21H29N5O2S. The summed E-state index contributed by atoms with van der Waals surface area (Å²) in [4.78, 5) is 22.3. The maximum absolute atomic E-state index is 12.2. The van der Waals surface area contributed by atoms with E-state index < -0.39 is 0 Å². The Bertz CT molecular complexity index is 809. The molecule has 0 radical (unpaired) electrons. The molecule has 3 heterocycles. The molecule has 0 saturated carbocycles. The minimum Gasteiger partial charge on any atom is -0.355 e. The first-order valence-electron chi connectivity index (χ1n) is 10.5. The Labute approximate surface area is 175 Å². The number of hydrogen-bond donors (Lipinski definition) is 1. The van der Waals surface area contributed by atoms with Crippen LogP contribution in [-0.2, 0) is 11.3 Å². The molecule has 0 atom stereocenters. The number of carbonyl (C=O) groups is 1. The van der Waals surface area contributed by atoms with Crippen LogP contribution in [0.5, 0.6) is 0 Å². The molecule has 7 nitrogen and oxygen atoms in total. The maximum Gasteiger partial charge on any atom is 0.241 e. The molecule has 1 fully saturated rings. The normalized spacial score (nSPS) is 18.6. The number of piperazine rings is 1. The summed E-state index contributed by atoms with van der Waals surface area (Å²) < 4.78 is 5.40. The molecule has 1 N–H and O–H groups in total. The van der Waals surface area contributed by atoms with Crippen molar-refractivity contribution in [1.82, 2.24) is 25.3 Å². The first-order valence-corrected chi connectivity index (χ1v) is 11.4. The second kappa shape index (κ2) is 10.1. The highest BCUT2D eigenvalue weighted by Crippen LogP contribution is 2.22. The van der Waals surface area contributed by atoms with Gasteiger partial charge in [-0.25, -0.2) is 0 Å². The summed E-state index contributed by atoms with van der Waals surface area (Å²) in [5.74, 6) is 1.44. The Morgan fingerprint density at radius 1 is 1.21 bits per heavy atom. The van der Waals surface area contributed by atoms with Crippen molar-refractivity contribution in [1.29, 1.82) is 0 Å². The van der Waals surface area contributed by atoms with Crippen LogP contribution >= 0.6 is 11.3 Å². The van der Waals surface area contributed by atoms with E-state index in [2.05, 4.69) is 31.3 Å². The van der Waals surface area contributed by atoms with Gasteiger partial charge in [-0.2, -0.15) is 4.98 Å². The first kappa shape index (κ1) is 20.3. The second-order valence-electron chi connectivity index (χ2n) is 7.75. The highest BCUT2D eigenvalue weighted by Gasteiger charge is 2.21. The molecule has 2 aliphatic rings. The summed E-state index contributed by atoms with van der Waals surface area (Å²) in [6, 6.07) is 3.98. The van der Waals surface area contributed by atoms with Crippen molar-refractivity contribution in [3.8, 4) is 10.7 Å². The van der Waals surface area contributed by atoms with Crippen molar-refractivity contribution in [3.05, 3.63) is 35.1 Å². The minimum absolute atomic E-state index is 0.132. The number of rotatable bonds is 8. The van der Waals surface area contributed by atoms with Gasteiger partial charge in [-0.05, 0) is 43.6 Å². The average Bonchev–Trinajstić information content (AvgIpc) is 3.42. The number of thiophene rings is 1. The van der Waals surface area contributed by atoms with Gasteiger partial charge in [0.15, 0.2) is 0 Å². The van der Waals surface area contributed by atoms with Crippen LogP contribution in [0.15, 0.2) is 33.7 Å². The van der Waals surface area contributed by atoms with Crippen LogP contribution in [0.2, 0.25) is 0 Å². The Morgan fingerprint density at radius 2 is 2.07 bits per heavy atom. The van der Waals surface area contributed by atoms with Crippen molar-refractivity contribution in [2.24, 2.45) is 0 Å². The third kappa shape index (κ3) is 5.98. The fraction of sp³-hybridized carbons (Fsp3) is 0.571. The van der Waals surface area contributed by atoms with Crippen molar-refractivity contribution >= 4 is 17.2 Å². The van der Waals surface area contributed by atoms with Gasteiger partial charge >= 0.3 is 0 Å². The molecule has 0 bridgehead atoms. The first-order chi connectivity index (χ1) is 14.3. The van der Waals surface area contributed by atoms with Crippen molar-refractivity contribution in [3.63, 3.8) is 0 Å². The third-order valence-corrected chi connectivity index (χ3v) is 6.42. The van der Waals surface area contributed by atoms with E-state index in [0.29, 0.717) is 24.8 Å². The number of allylic oxidation sites excluding steroid dienone is 1. The lowest BCUT2D eigenvalue weighted by molar-refractivity contribution is -0.122. The van der Waals surface area contributed by atoms with Crippen molar-refractivity contribution in [2.45, 2.75) is 38.6 Å². The quantitative estimate of drug-likeness (QED) is 0.668. The molecule has 1 saturated heterocycles. The number of nitrogens with zero attached hydrogens (tertiary/aromatic N) is 4. The SMILES string of the molecule is O=C(CN1CCN(Cc2nc(-c3cccs3)no2)CC1)NCCC1=CCCCC1. The van der Waals surface area contributed by atoms with Crippen LogP contribution in [0.1, 0.15) is 38.0 Å². The van der Waals surface area contributed by atoms with E-state index in [4.69, 9.17) is 4.52 Å². The fourth-order valence-electron chi connectivity index (χ4n) is 3.87. The van der Waals surface area contributed by atoms with Gasteiger partial charge in [0.1, 0.15) is 0 Å². The third-order valence-electron chi connectivity index (χ3n) is 5.55. The topological polar surface area (TPSA) is 74.5 Å². The van der Waals surface area contributed by atoms with Gasteiger partial charge in [-0.15, -0.1) is 11.3 Å². The minimum atomic E-state index is 0.132. The van der Waals surface area contributed by atoms with Crippen LogP contribution in [0.25, 0.3) is 10.7 Å². The summed E-state index contributed by atoms with van der Waals surface area (Å²) in [5, 5.41) is 9.16. The van der Waals surface area contributed by atoms with Crippen LogP contribution in [0.3, 0.4) is 0 Å². The van der Waals surface area contributed by atoms with E-state index in [9.17, 15) is 4.79 Å². The Hall–Kier alpha value is -2.03. The van der Waals surface area contributed by atoms with Gasteiger partial charge in [0.2, 0.25) is 17.6 Å². The maximum atomic E-state index is 12.2. The summed E-state index contributed by atoms with van der Waals surface area (Å²) in [6.45, 7) is 5.46. The molecular weight excluding hydrogens is 386 g/mol. The summed E-state index contributed by atoms with van der Waals surface area (Å²) in [6.07, 6.45) is 8.35. The number of nitrogens with one attached hydrogen (secondary N) is 1. The van der Waals surface area contributed by atoms with Gasteiger partial charge in [-0.3, -0.25) is 14.6 Å². The molecule has 2 aromatic rings. The lowest BCUT2D eigenvalue weighted by Gasteiger charge is -2.33. The van der Waals surface area contributed by atoms with Gasteiger partial charge in [0, 0.05) is 32.7 Å². The zero-order chi connectivity index (χ0) is 19.9. The molecule has 0 spiro atoms. The van der Waals surface area contributed by atoms with Crippen LogP contribution < -0.4 is 5.32 Å². The van der Waals surface area contributed by atoms with E-state index in [-0.39, 0.29) is 5.91 Å². The van der Waals surface area contributed by atoms with E-state index in [1.807, 2.05) is 17.5 Å². The standard InChI is InChI=1S/C21H29N5O2S/c27-19(22-9-8-17-5-2-1-3-6-17)15-25-10-12-26(13-11-25)16-20-23-21(24-28-20)18-7-4-14-29-18/h4-5,7,14H,1-3,6,8-13,15-16H2,(H,22,27). The molecule has 4 rings (SSSR count). The predicted molar refractivity (Wildman–Crippen MR) is 114 cm³/mol. The number of aromatic nitrogens is 2. The molecule has 29 heavy (non-hydrogen) atoms. The predicted octanol–water partition coefficient (Wildman–Crippen LogP) is 2.92. The van der Waals surface area contributed by atoms with Gasteiger partial charge in [0.05, 0.1) is 18.0 Å². The van der Waals surface area contributed by atoms with E-state index in [1.54, 1.807) is 11.3 Å². The van der Waals surface area contributed by atoms with Crippen LogP contribution in [0.4, 0.5) is 0 Å². The highest BCUT2D eigenvalue weighted by atomic mass is 32.1. The molecule has 0 aromatic carbocycles. The number of amides is 1. The molecule has 1 aliphatic heterocycles. The molecule has 1 aliphatic carbocycles. The number of hydrogen-bond acceptors (Lipinski definition) is 7. The van der Waals surface area contributed by atoms with E-state index >= 15 is 0 Å². The summed E-state index contributed by atoms with van der Waals surface area (Å²) in [7, 11) is 0. The fourth-order valence-corrected chi connectivity index (χ4v) is 4.52. The summed E-state index contributed by atoms with van der Waals surface area (Å²) in [5.41, 5.74) is 1.51. The Balaban J connectivity index is 1.14. The second-order valence-corrected chi connectivity index (χ2v) is 8.70. The smallest absolute Gasteiger partial charge is 0.241 e. The van der Waals surface area contributed by atoms with Gasteiger partial charge in [0.25, 0.3) is 0 Å². The van der Waals surface area contributed by atoms with E-state index in [1.165, 1.54) is 31.3 Å². The highest BCUT2D eigenvalue weighted by molar-refractivity contribution is 7.13. The van der Waals surface area contributed by atoms with Crippen LogP contribution in [-0.4, -0.2) is 65.1 Å². The molecule has 0 unspecified atom stereocenters. The van der Waals surface area contributed by atoms with Gasteiger partial charge < -0.3 is 9.84 Å². The molecule has 1 amide bonds. The number of carbonyl (C=O) groups excluding carboxylic acids is 1. The lowest BCUT2D eigenvalue weighted by atomic mass is 9.97. The Kier molecular flexibility index (Phi) is 7.08. The zero-order valence-corrected chi connectivity index (χ0v) is 17.6. The average molecular weight is 416 g/mol. The molecule has 156 valence electrons. The van der Waals surface area contributed by atoms with Gasteiger partial charge in [-0.1, -0.05) is 22.9 Å². The van der Waals surface area contributed by atoms with Crippen molar-refractivity contribution in [2.75, 3.05) is 39.3 Å². The largest absolute Gasteiger partial charge is 0.355 e. The zero-order valence-electron chi connectivity index (χ0n) is 16.8. The molecule has 8 heteroatoms. The summed E-state index contributed by atoms with van der Waals surface area (Å²) >= 11 is 1.61. The van der Waals surface area contributed by atoms with E-state index in [0.717, 1.165) is 44.0 Å². The molecule has 2 aromatic heterocycles. The Morgan fingerprint density at radius 3 is 2.83 bits per heavy atom. The van der Waals surface area contributed by atoms with Crippen LogP contribution in [0, 0.1) is 0 Å². The van der Waals surface area contributed by atoms with Crippen molar-refractivity contribution < 1.29 is 9.32 Å². The lowest BCUT2D eigenvalue weighted by Crippen LogP contribution is -2.49. The monoisotopic (exact) mass is 415 g/mol.